The lowest BCUT2D eigenvalue weighted by Crippen LogP contribution is -2.08. The molecule has 0 aliphatic heterocycles. The monoisotopic (exact) mass is 466 g/mol. The van der Waals surface area contributed by atoms with Gasteiger partial charge in [-0.05, 0) is 48.6 Å². The average molecular weight is 467 g/mol. The zero-order valence-electron chi connectivity index (χ0n) is 21.8. The van der Waals surface area contributed by atoms with E-state index in [0.717, 1.165) is 54.7 Å². The standard InChI is InChI=1S/C31H46O3/c1-4-6-8-9-10-11-12-13-14-15-16-31(32)34-26(3)27-17-19-28(20-18-27)29-21-23-30(24-22-29)33-25-7-5-2/h17-24,26H,4-16,25H2,1-3H3. The Morgan fingerprint density at radius 2 is 1.18 bits per heavy atom. The van der Waals surface area contributed by atoms with Crippen molar-refractivity contribution in [1.29, 1.82) is 0 Å². The van der Waals surface area contributed by atoms with Crippen molar-refractivity contribution in [3.05, 3.63) is 54.1 Å². The largest absolute Gasteiger partial charge is 0.494 e. The minimum absolute atomic E-state index is 0.0881. The van der Waals surface area contributed by atoms with Crippen molar-refractivity contribution in [1.82, 2.24) is 0 Å². The van der Waals surface area contributed by atoms with Gasteiger partial charge in [-0.3, -0.25) is 4.79 Å². The summed E-state index contributed by atoms with van der Waals surface area (Å²) in [6.45, 7) is 7.14. The summed E-state index contributed by atoms with van der Waals surface area (Å²) in [5.41, 5.74) is 3.33. The van der Waals surface area contributed by atoms with E-state index < -0.39 is 0 Å². The van der Waals surface area contributed by atoms with E-state index in [1.807, 2.05) is 19.1 Å². The molecule has 34 heavy (non-hydrogen) atoms. The predicted molar refractivity (Wildman–Crippen MR) is 143 cm³/mol. The van der Waals surface area contributed by atoms with Crippen LogP contribution in [0, 0.1) is 0 Å². The number of hydrogen-bond donors (Lipinski definition) is 0. The number of carbonyl (C=O) groups excluding carboxylic acids is 1. The van der Waals surface area contributed by atoms with E-state index >= 15 is 0 Å². The van der Waals surface area contributed by atoms with Crippen LogP contribution in [0.2, 0.25) is 0 Å². The van der Waals surface area contributed by atoms with Gasteiger partial charge in [-0.1, -0.05) is 114 Å². The van der Waals surface area contributed by atoms with E-state index in [4.69, 9.17) is 9.47 Å². The maximum absolute atomic E-state index is 12.2. The van der Waals surface area contributed by atoms with Crippen LogP contribution in [0.4, 0.5) is 0 Å². The third-order valence-electron chi connectivity index (χ3n) is 6.38. The van der Waals surface area contributed by atoms with Crippen LogP contribution in [0.1, 0.15) is 116 Å². The molecule has 0 aliphatic rings. The van der Waals surface area contributed by atoms with E-state index in [1.54, 1.807) is 0 Å². The van der Waals surface area contributed by atoms with Crippen LogP contribution >= 0.6 is 0 Å². The lowest BCUT2D eigenvalue weighted by atomic mass is 10.0. The molecule has 0 saturated carbocycles. The van der Waals surface area contributed by atoms with Crippen molar-refractivity contribution in [3.63, 3.8) is 0 Å². The van der Waals surface area contributed by atoms with Gasteiger partial charge in [0, 0.05) is 6.42 Å². The van der Waals surface area contributed by atoms with Crippen LogP contribution in [0.5, 0.6) is 5.75 Å². The quantitative estimate of drug-likeness (QED) is 0.162. The molecule has 0 amide bonds. The summed E-state index contributed by atoms with van der Waals surface area (Å²) >= 11 is 0. The molecule has 3 nitrogen and oxygen atoms in total. The second kappa shape index (κ2) is 17.2. The van der Waals surface area contributed by atoms with Gasteiger partial charge in [0.15, 0.2) is 0 Å². The van der Waals surface area contributed by atoms with Gasteiger partial charge >= 0.3 is 5.97 Å². The lowest BCUT2D eigenvalue weighted by molar-refractivity contribution is -0.148. The molecule has 3 heteroatoms. The molecule has 2 aromatic carbocycles. The molecule has 0 heterocycles. The molecule has 1 atom stereocenters. The van der Waals surface area contributed by atoms with Crippen LogP contribution in [0.25, 0.3) is 11.1 Å². The summed E-state index contributed by atoms with van der Waals surface area (Å²) in [4.78, 5) is 12.2. The highest BCUT2D eigenvalue weighted by atomic mass is 16.5. The van der Waals surface area contributed by atoms with E-state index in [-0.39, 0.29) is 12.1 Å². The van der Waals surface area contributed by atoms with Gasteiger partial charge in [-0.2, -0.15) is 0 Å². The SMILES string of the molecule is CCCCCCCCCCCCC(=O)OC(C)c1ccc(-c2ccc(OCCCC)cc2)cc1. The lowest BCUT2D eigenvalue weighted by Gasteiger charge is -2.14. The molecule has 188 valence electrons. The molecule has 2 rings (SSSR count). The summed E-state index contributed by atoms with van der Waals surface area (Å²) in [5, 5.41) is 0. The number of unbranched alkanes of at least 4 members (excludes halogenated alkanes) is 10. The van der Waals surface area contributed by atoms with Crippen LogP contribution in [0.3, 0.4) is 0 Å². The molecule has 0 radical (unpaired) electrons. The zero-order valence-corrected chi connectivity index (χ0v) is 21.8. The number of benzene rings is 2. The summed E-state index contributed by atoms with van der Waals surface area (Å²) < 4.78 is 11.4. The van der Waals surface area contributed by atoms with E-state index in [1.165, 1.54) is 51.4 Å². The number of hydrogen-bond acceptors (Lipinski definition) is 3. The van der Waals surface area contributed by atoms with Crippen molar-refractivity contribution >= 4 is 5.97 Å². The summed E-state index contributed by atoms with van der Waals surface area (Å²) in [7, 11) is 0. The van der Waals surface area contributed by atoms with Gasteiger partial charge in [0.05, 0.1) is 6.61 Å². The van der Waals surface area contributed by atoms with Crippen molar-refractivity contribution in [2.24, 2.45) is 0 Å². The normalized spacial score (nSPS) is 11.9. The molecular formula is C31H46O3. The Kier molecular flexibility index (Phi) is 14.1. The van der Waals surface area contributed by atoms with Gasteiger partial charge in [0.25, 0.3) is 0 Å². The third kappa shape index (κ3) is 11.2. The first-order chi connectivity index (χ1) is 16.6. The number of ether oxygens (including phenoxy) is 2. The van der Waals surface area contributed by atoms with Crippen molar-refractivity contribution < 1.29 is 14.3 Å². The summed E-state index contributed by atoms with van der Waals surface area (Å²) in [5.74, 6) is 0.826. The third-order valence-corrected chi connectivity index (χ3v) is 6.38. The minimum Gasteiger partial charge on any atom is -0.494 e. The number of rotatable bonds is 18. The topological polar surface area (TPSA) is 35.5 Å². The predicted octanol–water partition coefficient (Wildman–Crippen LogP) is 9.45. The first kappa shape index (κ1) is 28.0. The molecule has 0 aromatic heterocycles. The Morgan fingerprint density at radius 3 is 1.74 bits per heavy atom. The Bertz CT molecular complexity index is 779. The number of carbonyl (C=O) groups is 1. The maximum atomic E-state index is 12.2. The van der Waals surface area contributed by atoms with E-state index in [0.29, 0.717) is 6.42 Å². The highest BCUT2D eigenvalue weighted by Crippen LogP contribution is 2.26. The molecule has 0 bridgehead atoms. The van der Waals surface area contributed by atoms with Crippen LogP contribution in [-0.4, -0.2) is 12.6 Å². The fourth-order valence-corrected chi connectivity index (χ4v) is 4.11. The zero-order chi connectivity index (χ0) is 24.4. The van der Waals surface area contributed by atoms with Crippen molar-refractivity contribution in [2.45, 2.75) is 110 Å². The molecule has 2 aromatic rings. The molecule has 0 spiro atoms. The second-order valence-electron chi connectivity index (χ2n) is 9.41. The fraction of sp³-hybridized carbons (Fsp3) is 0.581. The Balaban J connectivity index is 1.65. The molecule has 1 unspecified atom stereocenters. The second-order valence-corrected chi connectivity index (χ2v) is 9.41. The van der Waals surface area contributed by atoms with Gasteiger partial charge in [-0.15, -0.1) is 0 Å². The summed E-state index contributed by atoms with van der Waals surface area (Å²) in [6.07, 6.45) is 15.2. The van der Waals surface area contributed by atoms with Crippen LogP contribution in [-0.2, 0) is 9.53 Å². The maximum Gasteiger partial charge on any atom is 0.306 e. The molecular weight excluding hydrogens is 420 g/mol. The Morgan fingerprint density at radius 1 is 0.676 bits per heavy atom. The highest BCUT2D eigenvalue weighted by molar-refractivity contribution is 5.69. The van der Waals surface area contributed by atoms with Crippen molar-refractivity contribution in [2.75, 3.05) is 6.61 Å². The highest BCUT2D eigenvalue weighted by Gasteiger charge is 2.12. The minimum atomic E-state index is -0.223. The van der Waals surface area contributed by atoms with Gasteiger partial charge in [0.1, 0.15) is 11.9 Å². The smallest absolute Gasteiger partial charge is 0.306 e. The molecule has 0 aliphatic carbocycles. The van der Waals surface area contributed by atoms with E-state index in [9.17, 15) is 4.79 Å². The molecule has 0 fully saturated rings. The Labute approximate surface area is 208 Å². The molecule has 0 N–H and O–H groups in total. The van der Waals surface area contributed by atoms with Crippen molar-refractivity contribution in [3.8, 4) is 16.9 Å². The first-order valence-corrected chi connectivity index (χ1v) is 13.7. The average Bonchev–Trinajstić information content (AvgIpc) is 2.86. The number of esters is 1. The summed E-state index contributed by atoms with van der Waals surface area (Å²) in [6, 6.07) is 16.5. The van der Waals surface area contributed by atoms with Gasteiger partial charge in [-0.25, -0.2) is 0 Å². The first-order valence-electron chi connectivity index (χ1n) is 13.7. The van der Waals surface area contributed by atoms with Gasteiger partial charge in [0.2, 0.25) is 0 Å². The van der Waals surface area contributed by atoms with Gasteiger partial charge < -0.3 is 9.47 Å². The van der Waals surface area contributed by atoms with E-state index in [2.05, 4.69) is 50.2 Å². The fourth-order valence-electron chi connectivity index (χ4n) is 4.11. The van der Waals surface area contributed by atoms with Crippen LogP contribution in [0.15, 0.2) is 48.5 Å². The molecule has 0 saturated heterocycles. The van der Waals surface area contributed by atoms with Crippen LogP contribution < -0.4 is 4.74 Å². The Hall–Kier alpha value is -2.29.